The lowest BCUT2D eigenvalue weighted by Gasteiger charge is -2.32. The SMILES string of the molecule is O=C(NCC1(O)CCOCC1)c1cnc(Nc2cccc(Br)c2)nc1C(F)(F)F. The van der Waals surface area contributed by atoms with E-state index in [0.29, 0.717) is 18.9 Å². The van der Waals surface area contributed by atoms with Crippen LogP contribution in [0.1, 0.15) is 28.9 Å². The second-order valence-corrected chi connectivity index (χ2v) is 7.52. The van der Waals surface area contributed by atoms with Crippen molar-refractivity contribution in [2.75, 3.05) is 25.1 Å². The number of alkyl halides is 3. The fourth-order valence-electron chi connectivity index (χ4n) is 2.79. The Hall–Kier alpha value is -2.24. The molecule has 0 radical (unpaired) electrons. The highest BCUT2D eigenvalue weighted by molar-refractivity contribution is 9.10. The smallest absolute Gasteiger partial charge is 0.388 e. The minimum Gasteiger partial charge on any atom is -0.388 e. The third-order valence-corrected chi connectivity index (χ3v) is 4.88. The van der Waals surface area contributed by atoms with E-state index in [4.69, 9.17) is 4.74 Å². The van der Waals surface area contributed by atoms with Crippen LogP contribution in [0.15, 0.2) is 34.9 Å². The van der Waals surface area contributed by atoms with E-state index < -0.39 is 28.9 Å². The van der Waals surface area contributed by atoms with Gasteiger partial charge in [-0.25, -0.2) is 9.97 Å². The molecule has 7 nitrogen and oxygen atoms in total. The van der Waals surface area contributed by atoms with E-state index in [2.05, 4.69) is 36.5 Å². The summed E-state index contributed by atoms with van der Waals surface area (Å²) in [5.41, 5.74) is -2.81. The third kappa shape index (κ3) is 5.64. The second kappa shape index (κ2) is 8.64. The predicted molar refractivity (Wildman–Crippen MR) is 102 cm³/mol. The zero-order chi connectivity index (χ0) is 21.1. The van der Waals surface area contributed by atoms with Gasteiger partial charge >= 0.3 is 6.18 Å². The van der Waals surface area contributed by atoms with E-state index in [1.807, 2.05) is 0 Å². The molecule has 0 spiro atoms. The first-order valence-corrected chi connectivity index (χ1v) is 9.51. The van der Waals surface area contributed by atoms with Crippen LogP contribution < -0.4 is 10.6 Å². The van der Waals surface area contributed by atoms with Crippen molar-refractivity contribution in [3.8, 4) is 0 Å². The van der Waals surface area contributed by atoms with E-state index in [-0.39, 0.29) is 25.3 Å². The maximum atomic E-state index is 13.5. The highest BCUT2D eigenvalue weighted by Gasteiger charge is 2.39. The Labute approximate surface area is 172 Å². The molecule has 0 unspecified atom stereocenters. The molecule has 1 aliphatic heterocycles. The van der Waals surface area contributed by atoms with Gasteiger partial charge in [0.25, 0.3) is 5.91 Å². The molecule has 29 heavy (non-hydrogen) atoms. The molecule has 1 amide bonds. The third-order valence-electron chi connectivity index (χ3n) is 4.38. The molecule has 1 saturated heterocycles. The van der Waals surface area contributed by atoms with E-state index >= 15 is 0 Å². The lowest BCUT2D eigenvalue weighted by molar-refractivity contribution is -0.141. The van der Waals surface area contributed by atoms with E-state index in [1.54, 1.807) is 24.3 Å². The van der Waals surface area contributed by atoms with Crippen molar-refractivity contribution in [3.05, 3.63) is 46.2 Å². The van der Waals surface area contributed by atoms with Crippen molar-refractivity contribution < 1.29 is 27.8 Å². The molecular weight excluding hydrogens is 457 g/mol. The van der Waals surface area contributed by atoms with Crippen molar-refractivity contribution in [3.63, 3.8) is 0 Å². The van der Waals surface area contributed by atoms with Gasteiger partial charge < -0.3 is 20.5 Å². The van der Waals surface area contributed by atoms with E-state index in [0.717, 1.165) is 10.7 Å². The van der Waals surface area contributed by atoms with Crippen LogP contribution in [0.25, 0.3) is 0 Å². The average molecular weight is 475 g/mol. The molecule has 1 fully saturated rings. The van der Waals surface area contributed by atoms with Gasteiger partial charge in [-0.3, -0.25) is 4.79 Å². The number of rotatable bonds is 5. The number of carbonyl (C=O) groups excluding carboxylic acids is 1. The molecule has 3 rings (SSSR count). The molecule has 3 N–H and O–H groups in total. The van der Waals surface area contributed by atoms with Gasteiger partial charge in [0.1, 0.15) is 0 Å². The summed E-state index contributed by atoms with van der Waals surface area (Å²) in [6.07, 6.45) is -3.48. The first-order valence-electron chi connectivity index (χ1n) is 8.71. The van der Waals surface area contributed by atoms with Gasteiger partial charge in [-0.15, -0.1) is 0 Å². The van der Waals surface area contributed by atoms with E-state index in [9.17, 15) is 23.1 Å². The zero-order valence-electron chi connectivity index (χ0n) is 15.1. The summed E-state index contributed by atoms with van der Waals surface area (Å²) in [4.78, 5) is 19.7. The lowest BCUT2D eigenvalue weighted by atomic mass is 9.94. The number of hydrogen-bond donors (Lipinski definition) is 3. The highest BCUT2D eigenvalue weighted by atomic mass is 79.9. The topological polar surface area (TPSA) is 96.4 Å². The molecule has 1 aromatic heterocycles. The molecule has 0 saturated carbocycles. The van der Waals surface area contributed by atoms with Crippen LogP contribution in [0.5, 0.6) is 0 Å². The summed E-state index contributed by atoms with van der Waals surface area (Å²) in [6.45, 7) is 0.447. The molecule has 1 aromatic carbocycles. The predicted octanol–water partition coefficient (Wildman–Crippen LogP) is 3.27. The molecule has 156 valence electrons. The van der Waals surface area contributed by atoms with E-state index in [1.165, 1.54) is 0 Å². The van der Waals surface area contributed by atoms with Gasteiger partial charge in [0.15, 0.2) is 5.69 Å². The summed E-state index contributed by atoms with van der Waals surface area (Å²) in [7, 11) is 0. The molecule has 2 aromatic rings. The molecule has 2 heterocycles. The molecule has 0 aliphatic carbocycles. The summed E-state index contributed by atoms with van der Waals surface area (Å²) in [6, 6.07) is 6.73. The minimum atomic E-state index is -4.86. The molecule has 0 atom stereocenters. The first-order chi connectivity index (χ1) is 13.7. The van der Waals surface area contributed by atoms with Crippen LogP contribution in [0.4, 0.5) is 24.8 Å². The van der Waals surface area contributed by atoms with Crippen molar-refractivity contribution in [1.29, 1.82) is 0 Å². The molecule has 1 aliphatic rings. The molecule has 11 heteroatoms. The Balaban J connectivity index is 1.79. The van der Waals surface area contributed by atoms with Crippen molar-refractivity contribution in [2.24, 2.45) is 0 Å². The standard InChI is InChI=1S/C18H18BrF3N4O3/c19-11-2-1-3-12(8-11)25-16-23-9-13(14(26-16)18(20,21)22)15(27)24-10-17(28)4-6-29-7-5-17/h1-3,8-9,28H,4-7,10H2,(H,24,27)(H,23,25,26). The van der Waals surface area contributed by atoms with Crippen LogP contribution in [0, 0.1) is 0 Å². The van der Waals surface area contributed by atoms with Gasteiger partial charge in [0.2, 0.25) is 5.95 Å². The van der Waals surface area contributed by atoms with Gasteiger partial charge in [-0.05, 0) is 18.2 Å². The summed E-state index contributed by atoms with van der Waals surface area (Å²) in [5.74, 6) is -1.30. The van der Waals surface area contributed by atoms with Crippen molar-refractivity contribution in [2.45, 2.75) is 24.6 Å². The summed E-state index contributed by atoms with van der Waals surface area (Å²) >= 11 is 3.26. The number of hydrogen-bond acceptors (Lipinski definition) is 6. The minimum absolute atomic E-state index is 0.190. The van der Waals surface area contributed by atoms with Crippen LogP contribution in [0.2, 0.25) is 0 Å². The summed E-state index contributed by atoms with van der Waals surface area (Å²) in [5, 5.41) is 15.4. The quantitative estimate of drug-likeness (QED) is 0.615. The van der Waals surface area contributed by atoms with Crippen LogP contribution in [-0.2, 0) is 10.9 Å². The van der Waals surface area contributed by atoms with Gasteiger partial charge in [0, 0.05) is 49.0 Å². The number of nitrogens with zero attached hydrogens (tertiary/aromatic N) is 2. The maximum Gasteiger partial charge on any atom is 0.434 e. The Kier molecular flexibility index (Phi) is 6.39. The van der Waals surface area contributed by atoms with Gasteiger partial charge in [-0.1, -0.05) is 22.0 Å². The highest BCUT2D eigenvalue weighted by Crippen LogP contribution is 2.31. The molecule has 0 bridgehead atoms. The fraction of sp³-hybridized carbons (Fsp3) is 0.389. The number of halogens is 4. The van der Waals surface area contributed by atoms with Crippen LogP contribution in [0.3, 0.4) is 0 Å². The van der Waals surface area contributed by atoms with Gasteiger partial charge in [0.05, 0.1) is 11.2 Å². The largest absolute Gasteiger partial charge is 0.434 e. The lowest BCUT2D eigenvalue weighted by Crippen LogP contribution is -2.46. The van der Waals surface area contributed by atoms with Gasteiger partial charge in [-0.2, -0.15) is 13.2 Å². The van der Waals surface area contributed by atoms with Crippen LogP contribution >= 0.6 is 15.9 Å². The van der Waals surface area contributed by atoms with Crippen LogP contribution in [-0.4, -0.2) is 46.3 Å². The van der Waals surface area contributed by atoms with Crippen molar-refractivity contribution >= 4 is 33.5 Å². The first kappa shape index (κ1) is 21.5. The Morgan fingerprint density at radius 3 is 2.69 bits per heavy atom. The number of anilines is 2. The Morgan fingerprint density at radius 1 is 1.31 bits per heavy atom. The number of amides is 1. The number of aromatic nitrogens is 2. The maximum absolute atomic E-state index is 13.5. The van der Waals surface area contributed by atoms with Crippen molar-refractivity contribution in [1.82, 2.24) is 15.3 Å². The average Bonchev–Trinajstić information content (AvgIpc) is 2.66. The molecular formula is C18H18BrF3N4O3. The number of benzene rings is 1. The number of nitrogens with one attached hydrogen (secondary N) is 2. The zero-order valence-corrected chi connectivity index (χ0v) is 16.7. The second-order valence-electron chi connectivity index (χ2n) is 6.61. The normalized spacial score (nSPS) is 16.3. The fourth-order valence-corrected chi connectivity index (χ4v) is 3.19. The number of carbonyl (C=O) groups is 1. The number of ether oxygens (including phenoxy) is 1. The monoisotopic (exact) mass is 474 g/mol. The Bertz CT molecular complexity index is 889. The Morgan fingerprint density at radius 2 is 2.03 bits per heavy atom. The number of aliphatic hydroxyl groups is 1. The summed E-state index contributed by atoms with van der Waals surface area (Å²) < 4.78 is 46.3.